The Morgan fingerprint density at radius 3 is 2.09 bits per heavy atom. The molecule has 0 saturated carbocycles. The lowest BCUT2D eigenvalue weighted by Crippen LogP contribution is -2.37. The van der Waals surface area contributed by atoms with E-state index in [0.717, 1.165) is 0 Å². The van der Waals surface area contributed by atoms with Gasteiger partial charge < -0.3 is 0 Å². The standard InChI is InChI=1S/C7H15FN2S/c1-7(2,3)5(10-11)6(8)9-4/h6,9,11H,1-4H3/b10-5+. The minimum Gasteiger partial charge on any atom is -0.286 e. The first-order chi connectivity index (χ1) is 4.93. The molecule has 0 amide bonds. The van der Waals surface area contributed by atoms with Crippen molar-refractivity contribution >= 4 is 18.5 Å². The van der Waals surface area contributed by atoms with Crippen molar-refractivity contribution in [3.8, 4) is 0 Å². The monoisotopic (exact) mass is 178 g/mol. The van der Waals surface area contributed by atoms with Crippen molar-refractivity contribution in [2.45, 2.75) is 27.1 Å². The number of nitrogens with one attached hydrogen (secondary N) is 1. The molecule has 1 atom stereocenters. The highest BCUT2D eigenvalue weighted by atomic mass is 32.1. The Morgan fingerprint density at radius 2 is 2.00 bits per heavy atom. The summed E-state index contributed by atoms with van der Waals surface area (Å²) in [6.45, 7) is 5.68. The predicted octanol–water partition coefficient (Wildman–Crippen LogP) is 1.83. The van der Waals surface area contributed by atoms with E-state index in [0.29, 0.717) is 5.71 Å². The van der Waals surface area contributed by atoms with Crippen LogP contribution in [0.4, 0.5) is 4.39 Å². The maximum atomic E-state index is 13.0. The predicted molar refractivity (Wildman–Crippen MR) is 49.8 cm³/mol. The van der Waals surface area contributed by atoms with Crippen LogP contribution in [-0.2, 0) is 0 Å². The zero-order valence-electron chi connectivity index (χ0n) is 7.35. The van der Waals surface area contributed by atoms with Crippen LogP contribution in [0, 0.1) is 5.41 Å². The molecule has 2 nitrogen and oxygen atoms in total. The smallest absolute Gasteiger partial charge is 0.190 e. The van der Waals surface area contributed by atoms with Crippen LogP contribution in [0.2, 0.25) is 0 Å². The minimum absolute atomic E-state index is 0.274. The quantitative estimate of drug-likeness (QED) is 0.376. The number of alkyl halides is 1. The Kier molecular flexibility index (Phi) is 4.03. The van der Waals surface area contributed by atoms with Crippen LogP contribution >= 0.6 is 12.8 Å². The van der Waals surface area contributed by atoms with Gasteiger partial charge in [-0.15, -0.1) is 0 Å². The van der Waals surface area contributed by atoms with Gasteiger partial charge >= 0.3 is 0 Å². The number of halogens is 1. The molecule has 66 valence electrons. The number of hydrogen-bond donors (Lipinski definition) is 2. The number of thiol groups is 1. The van der Waals surface area contributed by atoms with E-state index in [9.17, 15) is 4.39 Å². The van der Waals surface area contributed by atoms with Gasteiger partial charge in [-0.05, 0) is 19.9 Å². The van der Waals surface area contributed by atoms with E-state index in [4.69, 9.17) is 0 Å². The first-order valence-electron chi connectivity index (χ1n) is 3.47. The van der Waals surface area contributed by atoms with Crippen LogP contribution < -0.4 is 5.32 Å². The fourth-order valence-electron chi connectivity index (χ4n) is 0.718. The summed E-state index contributed by atoms with van der Waals surface area (Å²) in [4.78, 5) is 0. The first-order valence-corrected chi connectivity index (χ1v) is 3.87. The Hall–Kier alpha value is -0.0900. The normalized spacial score (nSPS) is 16.7. The van der Waals surface area contributed by atoms with Gasteiger partial charge in [-0.3, -0.25) is 5.32 Å². The third-order valence-electron chi connectivity index (χ3n) is 1.37. The molecule has 11 heavy (non-hydrogen) atoms. The van der Waals surface area contributed by atoms with Gasteiger partial charge in [-0.2, -0.15) is 0 Å². The van der Waals surface area contributed by atoms with Gasteiger partial charge in [-0.25, -0.2) is 8.79 Å². The van der Waals surface area contributed by atoms with Crippen LogP contribution in [-0.4, -0.2) is 19.1 Å². The molecule has 1 unspecified atom stereocenters. The summed E-state index contributed by atoms with van der Waals surface area (Å²) >= 11 is 3.71. The summed E-state index contributed by atoms with van der Waals surface area (Å²) in [5.74, 6) is 0. The van der Waals surface area contributed by atoms with Gasteiger partial charge in [-0.1, -0.05) is 20.8 Å². The third kappa shape index (κ3) is 3.20. The van der Waals surface area contributed by atoms with E-state index in [1.165, 1.54) is 0 Å². The maximum Gasteiger partial charge on any atom is 0.190 e. The molecule has 0 aliphatic carbocycles. The van der Waals surface area contributed by atoms with Gasteiger partial charge in [0.25, 0.3) is 0 Å². The average Bonchev–Trinajstić information content (AvgIpc) is 1.86. The highest BCUT2D eigenvalue weighted by Gasteiger charge is 2.25. The van der Waals surface area contributed by atoms with E-state index in [2.05, 4.69) is 22.5 Å². The molecule has 0 bridgehead atoms. The number of hydrogen-bond acceptors (Lipinski definition) is 3. The molecule has 0 fully saturated rings. The maximum absolute atomic E-state index is 13.0. The second kappa shape index (κ2) is 4.07. The SMILES string of the molecule is CNC(F)/C(=N\S)C(C)(C)C. The second-order valence-corrected chi connectivity index (χ2v) is 3.59. The van der Waals surface area contributed by atoms with E-state index in [-0.39, 0.29) is 5.41 Å². The van der Waals surface area contributed by atoms with Crippen molar-refractivity contribution in [1.82, 2.24) is 5.32 Å². The molecular formula is C7H15FN2S. The Bertz CT molecular complexity index is 151. The Labute approximate surface area is 72.8 Å². The number of rotatable bonds is 2. The zero-order valence-corrected chi connectivity index (χ0v) is 8.24. The molecule has 0 aliphatic heterocycles. The molecule has 0 radical (unpaired) electrons. The first kappa shape index (κ1) is 10.9. The van der Waals surface area contributed by atoms with Crippen molar-refractivity contribution in [2.24, 2.45) is 9.81 Å². The van der Waals surface area contributed by atoms with E-state index < -0.39 is 6.30 Å². The summed E-state index contributed by atoms with van der Waals surface area (Å²) in [5.41, 5.74) is 0.146. The van der Waals surface area contributed by atoms with Crippen LogP contribution in [0.15, 0.2) is 4.40 Å². The van der Waals surface area contributed by atoms with Crippen LogP contribution in [0.3, 0.4) is 0 Å². The van der Waals surface area contributed by atoms with Gasteiger partial charge in [0, 0.05) is 5.41 Å². The third-order valence-corrected chi connectivity index (χ3v) is 1.59. The molecule has 4 heteroatoms. The molecular weight excluding hydrogens is 163 g/mol. The Balaban J connectivity index is 4.44. The number of nitrogens with zero attached hydrogens (tertiary/aromatic N) is 1. The topological polar surface area (TPSA) is 24.4 Å². The molecule has 0 saturated heterocycles. The highest BCUT2D eigenvalue weighted by Crippen LogP contribution is 2.19. The lowest BCUT2D eigenvalue weighted by atomic mass is 9.89. The largest absolute Gasteiger partial charge is 0.286 e. The van der Waals surface area contributed by atoms with Gasteiger partial charge in [0.1, 0.15) is 0 Å². The summed E-state index contributed by atoms with van der Waals surface area (Å²) in [6, 6.07) is 0. The summed E-state index contributed by atoms with van der Waals surface area (Å²) in [5, 5.41) is 2.48. The van der Waals surface area contributed by atoms with E-state index >= 15 is 0 Å². The fraction of sp³-hybridized carbons (Fsp3) is 0.857. The highest BCUT2D eigenvalue weighted by molar-refractivity contribution is 7.79. The van der Waals surface area contributed by atoms with E-state index in [1.54, 1.807) is 7.05 Å². The molecule has 0 aliphatic rings. The fourth-order valence-corrected chi connectivity index (χ4v) is 1.12. The lowest BCUT2D eigenvalue weighted by molar-refractivity contribution is 0.354. The van der Waals surface area contributed by atoms with Crippen molar-refractivity contribution in [3.63, 3.8) is 0 Å². The molecule has 0 aromatic rings. The Morgan fingerprint density at radius 1 is 1.55 bits per heavy atom. The van der Waals surface area contributed by atoms with E-state index in [1.807, 2.05) is 20.8 Å². The summed E-state index contributed by atoms with van der Waals surface area (Å²) in [7, 11) is 1.55. The zero-order chi connectivity index (χ0) is 9.07. The second-order valence-electron chi connectivity index (χ2n) is 3.39. The van der Waals surface area contributed by atoms with Crippen molar-refractivity contribution < 1.29 is 4.39 Å². The summed E-state index contributed by atoms with van der Waals surface area (Å²) in [6.07, 6.45) is -1.20. The molecule has 0 heterocycles. The van der Waals surface area contributed by atoms with Crippen LogP contribution in [0.5, 0.6) is 0 Å². The molecule has 0 aromatic heterocycles. The summed E-state index contributed by atoms with van der Waals surface area (Å²) < 4.78 is 16.6. The molecule has 0 rings (SSSR count). The lowest BCUT2D eigenvalue weighted by Gasteiger charge is -2.22. The van der Waals surface area contributed by atoms with Crippen molar-refractivity contribution in [3.05, 3.63) is 0 Å². The molecule has 1 N–H and O–H groups in total. The minimum atomic E-state index is -1.20. The van der Waals surface area contributed by atoms with Crippen LogP contribution in [0.25, 0.3) is 0 Å². The van der Waals surface area contributed by atoms with Gasteiger partial charge in [0.15, 0.2) is 6.30 Å². The van der Waals surface area contributed by atoms with Crippen molar-refractivity contribution in [1.29, 1.82) is 0 Å². The molecule has 0 spiro atoms. The van der Waals surface area contributed by atoms with Crippen molar-refractivity contribution in [2.75, 3.05) is 7.05 Å². The average molecular weight is 178 g/mol. The van der Waals surface area contributed by atoms with Gasteiger partial charge in [0.2, 0.25) is 0 Å². The molecule has 0 aromatic carbocycles. The van der Waals surface area contributed by atoms with Gasteiger partial charge in [0.05, 0.1) is 5.71 Å². The van der Waals surface area contributed by atoms with Crippen LogP contribution in [0.1, 0.15) is 20.8 Å².